The quantitative estimate of drug-likeness (QED) is 0.148. The number of fused-ring (bicyclic) bond motifs is 1. The van der Waals surface area contributed by atoms with Crippen LogP contribution in [-0.4, -0.2) is 59.9 Å². The van der Waals surface area contributed by atoms with E-state index in [2.05, 4.69) is 60.4 Å². The van der Waals surface area contributed by atoms with Crippen LogP contribution < -0.4 is 11.1 Å². The summed E-state index contributed by atoms with van der Waals surface area (Å²) in [6.45, 7) is 4.82. The Labute approximate surface area is 280 Å². The first-order chi connectivity index (χ1) is 22.7. The number of nitrogens with zero attached hydrogens (tertiary/aromatic N) is 2. The Morgan fingerprint density at radius 2 is 1.43 bits per heavy atom. The minimum Gasteiger partial charge on any atom is -0.363 e. The number of rotatable bonds is 15. The summed E-state index contributed by atoms with van der Waals surface area (Å²) in [6, 6.07) is 33.3. The lowest BCUT2D eigenvalue weighted by atomic mass is 9.75. The van der Waals surface area contributed by atoms with Crippen molar-refractivity contribution in [1.29, 1.82) is 0 Å². The molecule has 0 heterocycles. The molecule has 0 aromatic heterocycles. The standard InChI is InChI=1S/C41H48N4O2/c1-31(14-12-24-41(42)25-13-26-41)44(2)38(30-34-21-22-35-19-10-11-20-36(35)28-34)40(47)45(3)37(29-33-17-8-5-9-18-33)39(46)43-27-23-32-15-6-4-7-16-32/h4-12,14-22,28,37-38H,1,13,23-27,29-30,42H2,2-3H3,(H,43,46)/b14-12+/t37-,38-/m1/s1. The third-order valence-electron chi connectivity index (χ3n) is 9.58. The summed E-state index contributed by atoms with van der Waals surface area (Å²) in [5, 5.41) is 5.39. The maximum absolute atomic E-state index is 14.6. The lowest BCUT2D eigenvalue weighted by Gasteiger charge is -2.37. The van der Waals surface area contributed by atoms with Crippen molar-refractivity contribution < 1.29 is 9.59 Å². The molecule has 4 aromatic carbocycles. The van der Waals surface area contributed by atoms with Crippen LogP contribution in [0.5, 0.6) is 0 Å². The molecule has 1 fully saturated rings. The number of allylic oxidation sites excluding steroid dienone is 1. The van der Waals surface area contributed by atoms with Crippen LogP contribution in [0, 0.1) is 0 Å². The Hall–Kier alpha value is -4.68. The summed E-state index contributed by atoms with van der Waals surface area (Å²) < 4.78 is 0. The summed E-state index contributed by atoms with van der Waals surface area (Å²) in [7, 11) is 3.67. The van der Waals surface area contributed by atoms with Crippen LogP contribution in [0.25, 0.3) is 10.8 Å². The number of nitrogens with one attached hydrogen (secondary N) is 1. The van der Waals surface area contributed by atoms with Crippen molar-refractivity contribution in [3.05, 3.63) is 144 Å². The van der Waals surface area contributed by atoms with Crippen molar-refractivity contribution >= 4 is 22.6 Å². The predicted molar refractivity (Wildman–Crippen MR) is 193 cm³/mol. The Balaban J connectivity index is 1.38. The van der Waals surface area contributed by atoms with Crippen molar-refractivity contribution in [2.75, 3.05) is 20.6 Å². The van der Waals surface area contributed by atoms with Gasteiger partial charge < -0.3 is 20.9 Å². The van der Waals surface area contributed by atoms with E-state index in [1.165, 1.54) is 6.42 Å². The summed E-state index contributed by atoms with van der Waals surface area (Å²) in [4.78, 5) is 32.0. The summed E-state index contributed by atoms with van der Waals surface area (Å²) >= 11 is 0. The van der Waals surface area contributed by atoms with E-state index in [4.69, 9.17) is 5.73 Å². The molecule has 0 bridgehead atoms. The first kappa shape index (κ1) is 33.7. The molecule has 5 rings (SSSR count). The van der Waals surface area contributed by atoms with Crippen LogP contribution in [0.15, 0.2) is 128 Å². The number of hydrogen-bond acceptors (Lipinski definition) is 4. The largest absolute Gasteiger partial charge is 0.363 e. The van der Waals surface area contributed by atoms with Crippen molar-refractivity contribution in [3.63, 3.8) is 0 Å². The molecule has 0 saturated heterocycles. The number of carbonyl (C=O) groups is 2. The molecule has 244 valence electrons. The zero-order valence-corrected chi connectivity index (χ0v) is 27.8. The van der Waals surface area contributed by atoms with Gasteiger partial charge in [0.05, 0.1) is 0 Å². The maximum Gasteiger partial charge on any atom is 0.246 e. The fourth-order valence-corrected chi connectivity index (χ4v) is 6.29. The minimum atomic E-state index is -0.687. The average molecular weight is 629 g/mol. The molecule has 0 radical (unpaired) electrons. The van der Waals surface area contributed by atoms with Gasteiger partial charge in [-0.15, -0.1) is 0 Å². The molecule has 6 nitrogen and oxygen atoms in total. The summed E-state index contributed by atoms with van der Waals surface area (Å²) in [5.74, 6) is -0.302. The lowest BCUT2D eigenvalue weighted by Crippen LogP contribution is -2.55. The first-order valence-corrected chi connectivity index (χ1v) is 16.7. The van der Waals surface area contributed by atoms with E-state index in [9.17, 15) is 9.59 Å². The molecule has 0 spiro atoms. The van der Waals surface area contributed by atoms with Gasteiger partial charge in [-0.1, -0.05) is 116 Å². The van der Waals surface area contributed by atoms with Crippen LogP contribution in [0.2, 0.25) is 0 Å². The Bertz CT molecular complexity index is 1680. The summed E-state index contributed by atoms with van der Waals surface area (Å²) in [5.41, 5.74) is 10.2. The van der Waals surface area contributed by atoms with Gasteiger partial charge in [-0.25, -0.2) is 0 Å². The van der Waals surface area contributed by atoms with E-state index in [0.717, 1.165) is 52.4 Å². The molecular weight excluding hydrogens is 580 g/mol. The zero-order chi connectivity index (χ0) is 33.2. The summed E-state index contributed by atoms with van der Waals surface area (Å²) in [6.07, 6.45) is 9.66. The smallest absolute Gasteiger partial charge is 0.246 e. The SMILES string of the molecule is C=C(/C=C/CC1(N)CCC1)N(C)[C@H](Cc1ccc2ccccc2c1)C(=O)N(C)[C@H](Cc1ccccc1)C(=O)NCCc1ccccc1. The number of amides is 2. The molecule has 2 atom stereocenters. The van der Waals surface area contributed by atoms with E-state index in [-0.39, 0.29) is 17.4 Å². The van der Waals surface area contributed by atoms with E-state index in [0.29, 0.717) is 25.8 Å². The normalized spacial score (nSPS) is 15.0. The van der Waals surface area contributed by atoms with E-state index in [1.807, 2.05) is 78.7 Å². The number of benzene rings is 4. The lowest BCUT2D eigenvalue weighted by molar-refractivity contribution is -0.142. The molecular formula is C41H48N4O2. The van der Waals surface area contributed by atoms with Crippen LogP contribution in [0.3, 0.4) is 0 Å². The monoisotopic (exact) mass is 628 g/mol. The van der Waals surface area contributed by atoms with Gasteiger partial charge in [0.25, 0.3) is 0 Å². The molecule has 0 aliphatic heterocycles. The van der Waals surface area contributed by atoms with Gasteiger partial charge in [-0.05, 0) is 65.6 Å². The van der Waals surface area contributed by atoms with Crippen molar-refractivity contribution in [2.24, 2.45) is 5.73 Å². The number of likely N-dealkylation sites (N-methyl/N-ethyl adjacent to an activating group) is 2. The highest BCUT2D eigenvalue weighted by molar-refractivity contribution is 5.90. The van der Waals surface area contributed by atoms with Gasteiger partial charge in [0, 0.05) is 44.7 Å². The molecule has 0 unspecified atom stereocenters. The highest BCUT2D eigenvalue weighted by Gasteiger charge is 2.34. The average Bonchev–Trinajstić information content (AvgIpc) is 3.08. The van der Waals surface area contributed by atoms with Gasteiger partial charge in [0.2, 0.25) is 11.8 Å². The number of hydrogen-bond donors (Lipinski definition) is 2. The third-order valence-corrected chi connectivity index (χ3v) is 9.58. The molecule has 4 aromatic rings. The highest BCUT2D eigenvalue weighted by Crippen LogP contribution is 2.32. The maximum atomic E-state index is 14.6. The van der Waals surface area contributed by atoms with Gasteiger partial charge in [-0.3, -0.25) is 9.59 Å². The van der Waals surface area contributed by atoms with Gasteiger partial charge in [-0.2, -0.15) is 0 Å². The van der Waals surface area contributed by atoms with Crippen molar-refractivity contribution in [1.82, 2.24) is 15.1 Å². The third kappa shape index (κ3) is 8.99. The number of carbonyl (C=O) groups excluding carboxylic acids is 2. The van der Waals surface area contributed by atoms with Crippen molar-refractivity contribution in [2.45, 2.75) is 62.6 Å². The van der Waals surface area contributed by atoms with E-state index >= 15 is 0 Å². The van der Waals surface area contributed by atoms with Crippen LogP contribution >= 0.6 is 0 Å². The van der Waals surface area contributed by atoms with Crippen LogP contribution in [0.1, 0.15) is 42.4 Å². The first-order valence-electron chi connectivity index (χ1n) is 16.7. The fraction of sp³-hybridized carbons (Fsp3) is 0.317. The topological polar surface area (TPSA) is 78.7 Å². The highest BCUT2D eigenvalue weighted by atomic mass is 16.2. The second kappa shape index (κ2) is 15.7. The van der Waals surface area contributed by atoms with Gasteiger partial charge in [0.1, 0.15) is 12.1 Å². The molecule has 2 amide bonds. The van der Waals surface area contributed by atoms with E-state index in [1.54, 1.807) is 11.9 Å². The molecule has 1 saturated carbocycles. The van der Waals surface area contributed by atoms with Crippen molar-refractivity contribution in [3.8, 4) is 0 Å². The Morgan fingerprint density at radius 1 is 0.809 bits per heavy atom. The second-order valence-corrected chi connectivity index (χ2v) is 13.0. The van der Waals surface area contributed by atoms with Gasteiger partial charge in [0.15, 0.2) is 0 Å². The second-order valence-electron chi connectivity index (χ2n) is 13.0. The molecule has 47 heavy (non-hydrogen) atoms. The predicted octanol–water partition coefficient (Wildman–Crippen LogP) is 6.45. The van der Waals surface area contributed by atoms with E-state index < -0.39 is 12.1 Å². The molecule has 3 N–H and O–H groups in total. The Kier molecular flexibility index (Phi) is 11.3. The Morgan fingerprint density at radius 3 is 2.09 bits per heavy atom. The molecule has 1 aliphatic rings. The minimum absolute atomic E-state index is 0.131. The molecule has 1 aliphatic carbocycles. The van der Waals surface area contributed by atoms with Gasteiger partial charge >= 0.3 is 0 Å². The molecule has 6 heteroatoms. The van der Waals surface area contributed by atoms with Crippen LogP contribution in [-0.2, 0) is 28.9 Å². The fourth-order valence-electron chi connectivity index (χ4n) is 6.29. The zero-order valence-electron chi connectivity index (χ0n) is 27.8. The van der Waals surface area contributed by atoms with Crippen LogP contribution in [0.4, 0.5) is 0 Å². The number of nitrogens with two attached hydrogens (primary N) is 1.